The van der Waals surface area contributed by atoms with Gasteiger partial charge in [0.2, 0.25) is 0 Å². The Morgan fingerprint density at radius 3 is 2.35 bits per heavy atom. The summed E-state index contributed by atoms with van der Waals surface area (Å²) in [5.41, 5.74) is -0.513. The van der Waals surface area contributed by atoms with Gasteiger partial charge in [-0.1, -0.05) is 0 Å². The van der Waals surface area contributed by atoms with E-state index in [1.807, 2.05) is 27.7 Å². The Labute approximate surface area is 102 Å². The summed E-state index contributed by atoms with van der Waals surface area (Å²) >= 11 is 0. The molecule has 98 valence electrons. The lowest BCUT2D eigenvalue weighted by Gasteiger charge is -2.37. The maximum atomic E-state index is 11.9. The van der Waals surface area contributed by atoms with Gasteiger partial charge in [-0.15, -0.1) is 0 Å². The molecule has 0 aromatic carbocycles. The van der Waals surface area contributed by atoms with Gasteiger partial charge in [-0.25, -0.2) is 4.79 Å². The second-order valence-electron chi connectivity index (χ2n) is 5.58. The molecule has 0 radical (unpaired) electrons. The van der Waals surface area contributed by atoms with Crippen LogP contribution in [0.4, 0.5) is 4.79 Å². The molecule has 17 heavy (non-hydrogen) atoms. The molecule has 0 aliphatic carbocycles. The highest BCUT2D eigenvalue weighted by Gasteiger charge is 2.34. The van der Waals surface area contributed by atoms with E-state index in [0.29, 0.717) is 19.4 Å². The molecule has 1 heterocycles. The Morgan fingerprint density at radius 2 is 1.94 bits per heavy atom. The van der Waals surface area contributed by atoms with Crippen molar-refractivity contribution >= 4 is 12.1 Å². The highest BCUT2D eigenvalue weighted by molar-refractivity contribution is 5.72. The van der Waals surface area contributed by atoms with Crippen LogP contribution < -0.4 is 0 Å². The van der Waals surface area contributed by atoms with Gasteiger partial charge in [0, 0.05) is 12.6 Å². The number of hydrogen-bond acceptors (Lipinski definition) is 3. The molecule has 0 aromatic heterocycles. The summed E-state index contributed by atoms with van der Waals surface area (Å²) < 4.78 is 5.28. The third-order valence-corrected chi connectivity index (χ3v) is 2.85. The van der Waals surface area contributed by atoms with Gasteiger partial charge in [0.15, 0.2) is 0 Å². The van der Waals surface area contributed by atoms with E-state index in [4.69, 9.17) is 9.84 Å². The molecular formula is C12H21NO4. The van der Waals surface area contributed by atoms with Crippen LogP contribution in [0, 0.1) is 5.92 Å². The van der Waals surface area contributed by atoms with Gasteiger partial charge in [0.05, 0.1) is 5.92 Å². The summed E-state index contributed by atoms with van der Waals surface area (Å²) in [5.74, 6) is -1.12. The lowest BCUT2D eigenvalue weighted by molar-refractivity contribution is -0.144. The standard InChI is InChI=1S/C12H21NO4/c1-8-7-9(10(14)15)5-6-13(8)11(16)17-12(2,3)4/h8-9H,5-7H2,1-4H3,(H,14,15)/t8-,9?/m0/s1. The van der Waals surface area contributed by atoms with Crippen LogP contribution in [0.5, 0.6) is 0 Å². The zero-order chi connectivity index (χ0) is 13.2. The molecule has 0 saturated carbocycles. The van der Waals surface area contributed by atoms with Crippen molar-refractivity contribution < 1.29 is 19.4 Å². The Morgan fingerprint density at radius 1 is 1.35 bits per heavy atom. The first-order valence-corrected chi connectivity index (χ1v) is 5.93. The first kappa shape index (κ1) is 13.8. The van der Waals surface area contributed by atoms with Crippen molar-refractivity contribution in [3.8, 4) is 0 Å². The number of amides is 1. The van der Waals surface area contributed by atoms with Crippen LogP contribution in [0.3, 0.4) is 0 Å². The highest BCUT2D eigenvalue weighted by Crippen LogP contribution is 2.24. The molecule has 5 nitrogen and oxygen atoms in total. The normalized spacial score (nSPS) is 25.5. The molecule has 1 N–H and O–H groups in total. The lowest BCUT2D eigenvalue weighted by Crippen LogP contribution is -2.47. The molecule has 0 bridgehead atoms. The number of carboxylic acids is 1. The van der Waals surface area contributed by atoms with Gasteiger partial charge in [0.25, 0.3) is 0 Å². The van der Waals surface area contributed by atoms with E-state index >= 15 is 0 Å². The van der Waals surface area contributed by atoms with Crippen LogP contribution >= 0.6 is 0 Å². The Balaban J connectivity index is 2.58. The Bertz CT molecular complexity index is 308. The zero-order valence-corrected chi connectivity index (χ0v) is 10.9. The van der Waals surface area contributed by atoms with Crippen LogP contribution in [0.1, 0.15) is 40.5 Å². The van der Waals surface area contributed by atoms with E-state index in [1.165, 1.54) is 0 Å². The summed E-state index contributed by atoms with van der Waals surface area (Å²) in [6.07, 6.45) is 0.641. The summed E-state index contributed by atoms with van der Waals surface area (Å²) in [6, 6.07) is -0.0836. The first-order chi connectivity index (χ1) is 7.70. The van der Waals surface area contributed by atoms with Gasteiger partial charge in [-0.05, 0) is 40.5 Å². The first-order valence-electron chi connectivity index (χ1n) is 5.93. The molecule has 5 heteroatoms. The van der Waals surface area contributed by atoms with Crippen molar-refractivity contribution in [3.05, 3.63) is 0 Å². The van der Waals surface area contributed by atoms with E-state index in [0.717, 1.165) is 0 Å². The van der Waals surface area contributed by atoms with E-state index < -0.39 is 11.6 Å². The van der Waals surface area contributed by atoms with Gasteiger partial charge in [-0.2, -0.15) is 0 Å². The number of carbonyl (C=O) groups excluding carboxylic acids is 1. The van der Waals surface area contributed by atoms with Gasteiger partial charge < -0.3 is 14.7 Å². The molecule has 0 spiro atoms. The van der Waals surface area contributed by atoms with Crippen LogP contribution in [-0.4, -0.2) is 40.3 Å². The summed E-state index contributed by atoms with van der Waals surface area (Å²) in [7, 11) is 0. The molecule has 1 unspecified atom stereocenters. The largest absolute Gasteiger partial charge is 0.481 e. The van der Waals surface area contributed by atoms with Gasteiger partial charge in [0.1, 0.15) is 5.60 Å². The number of aliphatic carboxylic acids is 1. The molecule has 1 aliphatic rings. The number of carbonyl (C=O) groups is 2. The summed E-state index contributed by atoms with van der Waals surface area (Å²) in [5, 5.41) is 8.93. The Kier molecular flexibility index (Phi) is 4.01. The van der Waals surface area contributed by atoms with Crippen LogP contribution in [0.15, 0.2) is 0 Å². The van der Waals surface area contributed by atoms with Crippen molar-refractivity contribution in [1.29, 1.82) is 0 Å². The van der Waals surface area contributed by atoms with E-state index in [1.54, 1.807) is 4.90 Å². The number of carboxylic acid groups (broad SMARTS) is 1. The number of nitrogens with zero attached hydrogens (tertiary/aromatic N) is 1. The maximum Gasteiger partial charge on any atom is 0.410 e. The average molecular weight is 243 g/mol. The maximum absolute atomic E-state index is 11.9. The molecule has 1 amide bonds. The van der Waals surface area contributed by atoms with Crippen LogP contribution in [0.25, 0.3) is 0 Å². The fourth-order valence-corrected chi connectivity index (χ4v) is 1.99. The molecule has 2 atom stereocenters. The fourth-order valence-electron chi connectivity index (χ4n) is 1.99. The predicted molar refractivity (Wildman–Crippen MR) is 62.8 cm³/mol. The van der Waals surface area contributed by atoms with E-state index in [-0.39, 0.29) is 18.1 Å². The predicted octanol–water partition coefficient (Wildman–Crippen LogP) is 2.11. The second kappa shape index (κ2) is 4.94. The molecule has 1 fully saturated rings. The minimum Gasteiger partial charge on any atom is -0.481 e. The van der Waals surface area contributed by atoms with Crippen molar-refractivity contribution in [2.75, 3.05) is 6.54 Å². The second-order valence-corrected chi connectivity index (χ2v) is 5.58. The van der Waals surface area contributed by atoms with E-state index in [9.17, 15) is 9.59 Å². The number of hydrogen-bond donors (Lipinski definition) is 1. The molecular weight excluding hydrogens is 222 g/mol. The summed E-state index contributed by atoms with van der Waals surface area (Å²) in [4.78, 5) is 24.3. The van der Waals surface area contributed by atoms with Gasteiger partial charge in [-0.3, -0.25) is 4.79 Å². The minimum absolute atomic E-state index is 0.0836. The molecule has 0 aromatic rings. The highest BCUT2D eigenvalue weighted by atomic mass is 16.6. The van der Waals surface area contributed by atoms with Crippen molar-refractivity contribution in [2.24, 2.45) is 5.92 Å². The van der Waals surface area contributed by atoms with Crippen molar-refractivity contribution in [2.45, 2.75) is 52.2 Å². The van der Waals surface area contributed by atoms with Crippen LogP contribution in [-0.2, 0) is 9.53 Å². The van der Waals surface area contributed by atoms with Crippen molar-refractivity contribution in [3.63, 3.8) is 0 Å². The quantitative estimate of drug-likeness (QED) is 0.766. The topological polar surface area (TPSA) is 66.8 Å². The third kappa shape index (κ3) is 3.91. The van der Waals surface area contributed by atoms with E-state index in [2.05, 4.69) is 0 Å². The summed E-state index contributed by atoms with van der Waals surface area (Å²) in [6.45, 7) is 7.77. The fraction of sp³-hybridized carbons (Fsp3) is 0.833. The average Bonchev–Trinajstić information content (AvgIpc) is 2.14. The smallest absolute Gasteiger partial charge is 0.410 e. The number of rotatable bonds is 1. The minimum atomic E-state index is -0.777. The molecule has 1 rings (SSSR count). The number of likely N-dealkylation sites (tertiary alicyclic amines) is 1. The SMILES string of the molecule is C[C@H]1CC(C(=O)O)CCN1C(=O)OC(C)(C)C. The lowest BCUT2D eigenvalue weighted by atomic mass is 9.92. The van der Waals surface area contributed by atoms with Crippen molar-refractivity contribution in [1.82, 2.24) is 4.90 Å². The zero-order valence-electron chi connectivity index (χ0n) is 10.9. The third-order valence-electron chi connectivity index (χ3n) is 2.85. The molecule has 1 aliphatic heterocycles. The Hall–Kier alpha value is -1.26. The number of piperidine rings is 1. The monoisotopic (exact) mass is 243 g/mol. The van der Waals surface area contributed by atoms with Crippen LogP contribution in [0.2, 0.25) is 0 Å². The van der Waals surface area contributed by atoms with Gasteiger partial charge >= 0.3 is 12.1 Å². The number of ether oxygens (including phenoxy) is 1. The molecule has 1 saturated heterocycles.